The molecule has 1 aromatic rings. The van der Waals surface area contributed by atoms with Crippen LogP contribution >= 0.6 is 11.3 Å². The van der Waals surface area contributed by atoms with Gasteiger partial charge in [0.1, 0.15) is 0 Å². The molecule has 2 heterocycles. The minimum atomic E-state index is 0.737. The molecule has 1 atom stereocenters. The summed E-state index contributed by atoms with van der Waals surface area (Å²) in [6, 6.07) is 5.40. The van der Waals surface area contributed by atoms with Crippen molar-refractivity contribution in [2.24, 2.45) is 5.92 Å². The van der Waals surface area contributed by atoms with E-state index in [0.29, 0.717) is 0 Å². The van der Waals surface area contributed by atoms with E-state index in [0.717, 1.165) is 31.7 Å². The number of nitrogens with one attached hydrogen (secondary N) is 1. The maximum absolute atomic E-state index is 5.26. The molecule has 2 aliphatic rings. The van der Waals surface area contributed by atoms with Crippen LogP contribution in [-0.2, 0) is 17.8 Å². The fourth-order valence-corrected chi connectivity index (χ4v) is 3.79. The number of methoxy groups -OCH3 is 1. The number of likely N-dealkylation sites (tertiary alicyclic amines) is 1. The molecule has 0 bridgehead atoms. The van der Waals surface area contributed by atoms with E-state index >= 15 is 0 Å². The Morgan fingerprint density at radius 1 is 1.32 bits per heavy atom. The van der Waals surface area contributed by atoms with Crippen molar-refractivity contribution >= 4 is 11.3 Å². The standard InChI is InChI=1S/C15H24N2OS/c1-18-11-12-6-7-17(9-12)10-15-5-4-14(19-15)8-16-13-2-3-13/h4-5,12-13,16H,2-3,6-11H2,1H3. The molecule has 1 aliphatic carbocycles. The Kier molecular flexibility index (Phi) is 4.53. The third-order valence-electron chi connectivity index (χ3n) is 4.01. The molecule has 106 valence electrons. The van der Waals surface area contributed by atoms with Gasteiger partial charge >= 0.3 is 0 Å². The van der Waals surface area contributed by atoms with Crippen LogP contribution in [-0.4, -0.2) is 37.7 Å². The highest BCUT2D eigenvalue weighted by atomic mass is 32.1. The molecule has 1 aliphatic heterocycles. The third kappa shape index (κ3) is 4.02. The second kappa shape index (κ2) is 6.35. The summed E-state index contributed by atoms with van der Waals surface area (Å²) in [4.78, 5) is 5.55. The molecule has 1 saturated heterocycles. The van der Waals surface area contributed by atoms with Crippen LogP contribution in [0, 0.1) is 5.92 Å². The van der Waals surface area contributed by atoms with E-state index in [2.05, 4.69) is 22.3 Å². The molecule has 1 N–H and O–H groups in total. The highest BCUT2D eigenvalue weighted by molar-refractivity contribution is 7.11. The Hall–Kier alpha value is -0.420. The van der Waals surface area contributed by atoms with Gasteiger partial charge in [0.15, 0.2) is 0 Å². The molecule has 3 rings (SSSR count). The summed E-state index contributed by atoms with van der Waals surface area (Å²) in [7, 11) is 1.81. The zero-order chi connectivity index (χ0) is 13.1. The molecule has 1 unspecified atom stereocenters. The zero-order valence-electron chi connectivity index (χ0n) is 11.7. The second-order valence-corrected chi connectivity index (χ2v) is 7.12. The first-order chi connectivity index (χ1) is 9.33. The van der Waals surface area contributed by atoms with Gasteiger partial charge in [-0.05, 0) is 43.9 Å². The molecule has 4 heteroatoms. The van der Waals surface area contributed by atoms with Crippen LogP contribution < -0.4 is 5.32 Å². The van der Waals surface area contributed by atoms with Gasteiger partial charge in [-0.25, -0.2) is 0 Å². The highest BCUT2D eigenvalue weighted by Gasteiger charge is 2.23. The lowest BCUT2D eigenvalue weighted by Gasteiger charge is -2.14. The van der Waals surface area contributed by atoms with Gasteiger partial charge in [-0.15, -0.1) is 11.3 Å². The van der Waals surface area contributed by atoms with Gasteiger partial charge in [-0.3, -0.25) is 4.90 Å². The van der Waals surface area contributed by atoms with Crippen LogP contribution in [0.2, 0.25) is 0 Å². The first kappa shape index (κ1) is 13.6. The predicted octanol–water partition coefficient (Wildman–Crippen LogP) is 2.47. The summed E-state index contributed by atoms with van der Waals surface area (Å²) in [5, 5.41) is 3.58. The summed E-state index contributed by atoms with van der Waals surface area (Å²) < 4.78 is 5.26. The smallest absolute Gasteiger partial charge is 0.0503 e. The molecular formula is C15H24N2OS. The molecule has 0 amide bonds. The molecule has 3 nitrogen and oxygen atoms in total. The second-order valence-electron chi connectivity index (χ2n) is 5.87. The lowest BCUT2D eigenvalue weighted by Crippen LogP contribution is -2.20. The van der Waals surface area contributed by atoms with Crippen LogP contribution in [0.1, 0.15) is 29.0 Å². The Morgan fingerprint density at radius 3 is 2.95 bits per heavy atom. The molecule has 0 aromatic carbocycles. The first-order valence-corrected chi connectivity index (χ1v) is 8.17. The molecule has 0 spiro atoms. The summed E-state index contributed by atoms with van der Waals surface area (Å²) >= 11 is 1.97. The predicted molar refractivity (Wildman–Crippen MR) is 79.4 cm³/mol. The van der Waals surface area contributed by atoms with Crippen molar-refractivity contribution in [3.05, 3.63) is 21.9 Å². The topological polar surface area (TPSA) is 24.5 Å². The van der Waals surface area contributed by atoms with E-state index in [9.17, 15) is 0 Å². The fraction of sp³-hybridized carbons (Fsp3) is 0.733. The summed E-state index contributed by atoms with van der Waals surface area (Å²) in [5.74, 6) is 0.737. The maximum Gasteiger partial charge on any atom is 0.0503 e. The molecular weight excluding hydrogens is 256 g/mol. The molecule has 1 saturated carbocycles. The number of hydrogen-bond acceptors (Lipinski definition) is 4. The average Bonchev–Trinajstić information content (AvgIpc) is 2.97. The number of nitrogens with zero attached hydrogens (tertiary/aromatic N) is 1. The van der Waals surface area contributed by atoms with E-state index in [-0.39, 0.29) is 0 Å². The maximum atomic E-state index is 5.26. The van der Waals surface area contributed by atoms with Gasteiger partial charge in [0.25, 0.3) is 0 Å². The van der Waals surface area contributed by atoms with Crippen LogP contribution in [0.3, 0.4) is 0 Å². The van der Waals surface area contributed by atoms with Crippen molar-refractivity contribution in [2.45, 2.75) is 38.4 Å². The third-order valence-corrected chi connectivity index (χ3v) is 5.08. The Balaban J connectivity index is 1.44. The van der Waals surface area contributed by atoms with Gasteiger partial charge < -0.3 is 10.1 Å². The van der Waals surface area contributed by atoms with Crippen LogP contribution in [0.5, 0.6) is 0 Å². The number of thiophene rings is 1. The summed E-state index contributed by atoms with van der Waals surface area (Å²) in [6.45, 7) is 5.51. The Morgan fingerprint density at radius 2 is 2.16 bits per heavy atom. The number of hydrogen-bond donors (Lipinski definition) is 1. The first-order valence-electron chi connectivity index (χ1n) is 7.36. The monoisotopic (exact) mass is 280 g/mol. The van der Waals surface area contributed by atoms with Gasteiger partial charge in [0.05, 0.1) is 6.61 Å². The highest BCUT2D eigenvalue weighted by Crippen LogP contribution is 2.24. The van der Waals surface area contributed by atoms with Crippen molar-refractivity contribution < 1.29 is 4.74 Å². The van der Waals surface area contributed by atoms with Crippen LogP contribution in [0.15, 0.2) is 12.1 Å². The van der Waals surface area contributed by atoms with E-state index in [1.165, 1.54) is 42.1 Å². The van der Waals surface area contributed by atoms with Crippen LogP contribution in [0.4, 0.5) is 0 Å². The minimum absolute atomic E-state index is 0.737. The van der Waals surface area contributed by atoms with E-state index in [4.69, 9.17) is 4.74 Å². The van der Waals surface area contributed by atoms with E-state index in [1.807, 2.05) is 11.3 Å². The van der Waals surface area contributed by atoms with Crippen molar-refractivity contribution in [3.8, 4) is 0 Å². The van der Waals surface area contributed by atoms with Crippen molar-refractivity contribution in [1.29, 1.82) is 0 Å². The van der Waals surface area contributed by atoms with Crippen molar-refractivity contribution in [2.75, 3.05) is 26.8 Å². The lowest BCUT2D eigenvalue weighted by molar-refractivity contribution is 0.153. The lowest BCUT2D eigenvalue weighted by atomic mass is 10.1. The van der Waals surface area contributed by atoms with E-state index in [1.54, 1.807) is 7.11 Å². The molecule has 0 radical (unpaired) electrons. The zero-order valence-corrected chi connectivity index (χ0v) is 12.5. The van der Waals surface area contributed by atoms with Crippen LogP contribution in [0.25, 0.3) is 0 Å². The Labute approximate surface area is 119 Å². The van der Waals surface area contributed by atoms with Crippen molar-refractivity contribution in [3.63, 3.8) is 0 Å². The van der Waals surface area contributed by atoms with Gasteiger partial charge in [-0.2, -0.15) is 0 Å². The average molecular weight is 280 g/mol. The summed E-state index contributed by atoms with van der Waals surface area (Å²) in [5.41, 5.74) is 0. The molecule has 2 fully saturated rings. The minimum Gasteiger partial charge on any atom is -0.384 e. The largest absolute Gasteiger partial charge is 0.384 e. The Bertz CT molecular complexity index is 403. The van der Waals surface area contributed by atoms with Gasteiger partial charge in [0, 0.05) is 42.5 Å². The van der Waals surface area contributed by atoms with E-state index < -0.39 is 0 Å². The van der Waals surface area contributed by atoms with Crippen molar-refractivity contribution in [1.82, 2.24) is 10.2 Å². The molecule has 19 heavy (non-hydrogen) atoms. The quantitative estimate of drug-likeness (QED) is 0.830. The normalized spacial score (nSPS) is 24.2. The number of rotatable bonds is 7. The summed E-state index contributed by atoms with van der Waals surface area (Å²) in [6.07, 6.45) is 4.02. The van der Waals surface area contributed by atoms with Gasteiger partial charge in [-0.1, -0.05) is 0 Å². The fourth-order valence-electron chi connectivity index (χ4n) is 2.78. The van der Waals surface area contributed by atoms with Gasteiger partial charge in [0.2, 0.25) is 0 Å². The SMILES string of the molecule is COCC1CCN(Cc2ccc(CNC3CC3)s2)C1. The molecule has 1 aromatic heterocycles. The number of ether oxygens (including phenoxy) is 1.